The third-order valence-electron chi connectivity index (χ3n) is 4.73. The highest BCUT2D eigenvalue weighted by Crippen LogP contribution is 2.36. The molecule has 3 rings (SSSR count). The first-order valence-corrected chi connectivity index (χ1v) is 10.8. The molecule has 0 radical (unpaired) electrons. The van der Waals surface area contributed by atoms with Gasteiger partial charge in [-0.1, -0.05) is 51.8 Å². The molecule has 0 atom stereocenters. The minimum atomic E-state index is 0.433. The lowest BCUT2D eigenvalue weighted by molar-refractivity contribution is 0.280. The molecule has 3 aromatic carbocycles. The number of halogens is 2. The molecule has 0 aliphatic carbocycles. The molecule has 0 aromatic heterocycles. The maximum absolute atomic E-state index is 6.15. The Kier molecular flexibility index (Phi) is 8.43. The molecule has 0 bridgehead atoms. The van der Waals surface area contributed by atoms with Crippen molar-refractivity contribution in [3.63, 3.8) is 0 Å². The molecule has 3 aromatic rings. The summed E-state index contributed by atoms with van der Waals surface area (Å²) in [5, 5.41) is 4.21. The van der Waals surface area contributed by atoms with Crippen LogP contribution >= 0.6 is 27.5 Å². The van der Waals surface area contributed by atoms with E-state index in [2.05, 4.69) is 33.4 Å². The summed E-state index contributed by atoms with van der Waals surface area (Å²) in [5.74, 6) is 2.31. The number of ether oxygens (including phenoxy) is 3. The Balaban J connectivity index is 1.64. The van der Waals surface area contributed by atoms with Gasteiger partial charge in [-0.2, -0.15) is 0 Å². The van der Waals surface area contributed by atoms with Crippen LogP contribution in [0.5, 0.6) is 17.2 Å². The lowest BCUT2D eigenvalue weighted by Crippen LogP contribution is -2.18. The molecule has 0 unspecified atom stereocenters. The summed E-state index contributed by atoms with van der Waals surface area (Å²) >= 11 is 9.62. The molecule has 1 N–H and O–H groups in total. The standard InChI is InChI=1S/C24H25BrClNO3/c1-28-20-9-5-17(6-10-20)13-14-27-15-21-22(25)11-12-23(29-2)24(21)30-16-18-3-7-19(26)8-4-18/h3-12,27H,13-16H2,1-2H3. The van der Waals surface area contributed by atoms with E-state index in [1.807, 2.05) is 48.5 Å². The predicted octanol–water partition coefficient (Wildman–Crippen LogP) is 6.03. The molecule has 30 heavy (non-hydrogen) atoms. The highest BCUT2D eigenvalue weighted by atomic mass is 79.9. The SMILES string of the molecule is COc1ccc(CCNCc2c(Br)ccc(OC)c2OCc2ccc(Cl)cc2)cc1. The third kappa shape index (κ3) is 6.14. The Morgan fingerprint density at radius 1 is 0.867 bits per heavy atom. The van der Waals surface area contributed by atoms with Crippen LogP contribution in [0.4, 0.5) is 0 Å². The van der Waals surface area contributed by atoms with Crippen molar-refractivity contribution in [1.29, 1.82) is 0 Å². The van der Waals surface area contributed by atoms with E-state index >= 15 is 0 Å². The monoisotopic (exact) mass is 489 g/mol. The molecule has 0 aliphatic rings. The van der Waals surface area contributed by atoms with Gasteiger partial charge in [0.2, 0.25) is 0 Å². The number of rotatable bonds is 10. The van der Waals surface area contributed by atoms with Gasteiger partial charge in [0, 0.05) is 21.6 Å². The predicted molar refractivity (Wildman–Crippen MR) is 125 cm³/mol. The number of hydrogen-bond acceptors (Lipinski definition) is 4. The van der Waals surface area contributed by atoms with E-state index in [0.717, 1.165) is 40.1 Å². The summed E-state index contributed by atoms with van der Waals surface area (Å²) in [6.07, 6.45) is 0.923. The van der Waals surface area contributed by atoms with Gasteiger partial charge in [-0.25, -0.2) is 0 Å². The lowest BCUT2D eigenvalue weighted by atomic mass is 10.1. The van der Waals surface area contributed by atoms with E-state index in [0.29, 0.717) is 23.9 Å². The molecule has 0 amide bonds. The van der Waals surface area contributed by atoms with Crippen LogP contribution in [0.25, 0.3) is 0 Å². The Bertz CT molecular complexity index is 946. The van der Waals surface area contributed by atoms with Gasteiger partial charge < -0.3 is 19.5 Å². The van der Waals surface area contributed by atoms with Gasteiger partial charge in [0.15, 0.2) is 11.5 Å². The second-order valence-electron chi connectivity index (χ2n) is 6.75. The van der Waals surface area contributed by atoms with Crippen molar-refractivity contribution in [2.24, 2.45) is 0 Å². The molecular formula is C24H25BrClNO3. The first kappa shape index (κ1) is 22.5. The van der Waals surface area contributed by atoms with Crippen molar-refractivity contribution in [2.75, 3.05) is 20.8 Å². The van der Waals surface area contributed by atoms with E-state index in [1.165, 1.54) is 5.56 Å². The largest absolute Gasteiger partial charge is 0.497 e. The summed E-state index contributed by atoms with van der Waals surface area (Å²) < 4.78 is 17.9. The summed E-state index contributed by atoms with van der Waals surface area (Å²) in [6, 6.07) is 19.7. The van der Waals surface area contributed by atoms with Crippen molar-refractivity contribution >= 4 is 27.5 Å². The molecular weight excluding hydrogens is 466 g/mol. The lowest BCUT2D eigenvalue weighted by Gasteiger charge is -2.17. The average Bonchev–Trinajstić information content (AvgIpc) is 2.78. The van der Waals surface area contributed by atoms with E-state index in [9.17, 15) is 0 Å². The van der Waals surface area contributed by atoms with Crippen LogP contribution in [0, 0.1) is 0 Å². The average molecular weight is 491 g/mol. The van der Waals surface area contributed by atoms with Crippen LogP contribution < -0.4 is 19.5 Å². The summed E-state index contributed by atoms with van der Waals surface area (Å²) in [7, 11) is 3.33. The van der Waals surface area contributed by atoms with Gasteiger partial charge in [0.25, 0.3) is 0 Å². The van der Waals surface area contributed by atoms with E-state index < -0.39 is 0 Å². The summed E-state index contributed by atoms with van der Waals surface area (Å²) in [5.41, 5.74) is 3.32. The Morgan fingerprint density at radius 2 is 1.57 bits per heavy atom. The van der Waals surface area contributed by atoms with E-state index in [-0.39, 0.29) is 0 Å². The van der Waals surface area contributed by atoms with Crippen LogP contribution in [-0.4, -0.2) is 20.8 Å². The van der Waals surface area contributed by atoms with Crippen molar-refractivity contribution in [2.45, 2.75) is 19.6 Å². The van der Waals surface area contributed by atoms with Gasteiger partial charge in [0.05, 0.1) is 14.2 Å². The fourth-order valence-corrected chi connectivity index (χ4v) is 3.62. The molecule has 0 spiro atoms. The summed E-state index contributed by atoms with van der Waals surface area (Å²) in [6.45, 7) is 1.93. The topological polar surface area (TPSA) is 39.7 Å². The Morgan fingerprint density at radius 3 is 2.23 bits per heavy atom. The number of hydrogen-bond donors (Lipinski definition) is 1. The van der Waals surface area contributed by atoms with E-state index in [1.54, 1.807) is 14.2 Å². The van der Waals surface area contributed by atoms with Crippen molar-refractivity contribution in [3.8, 4) is 17.2 Å². The third-order valence-corrected chi connectivity index (χ3v) is 5.73. The zero-order chi connectivity index (χ0) is 21.3. The zero-order valence-corrected chi connectivity index (χ0v) is 19.4. The molecule has 0 saturated heterocycles. The molecule has 4 nitrogen and oxygen atoms in total. The van der Waals surface area contributed by atoms with Crippen molar-refractivity contribution in [1.82, 2.24) is 5.32 Å². The fraction of sp³-hybridized carbons (Fsp3) is 0.250. The molecule has 6 heteroatoms. The van der Waals surface area contributed by atoms with Crippen LogP contribution in [0.15, 0.2) is 65.1 Å². The van der Waals surface area contributed by atoms with Crippen LogP contribution in [0.3, 0.4) is 0 Å². The highest BCUT2D eigenvalue weighted by molar-refractivity contribution is 9.10. The van der Waals surface area contributed by atoms with Crippen LogP contribution in [-0.2, 0) is 19.6 Å². The minimum Gasteiger partial charge on any atom is -0.497 e. The maximum Gasteiger partial charge on any atom is 0.167 e. The number of nitrogens with one attached hydrogen (secondary N) is 1. The first-order valence-electron chi connectivity index (χ1n) is 9.67. The molecule has 0 saturated carbocycles. The van der Waals surface area contributed by atoms with Crippen molar-refractivity contribution < 1.29 is 14.2 Å². The quantitative estimate of drug-likeness (QED) is 0.352. The normalized spacial score (nSPS) is 10.7. The van der Waals surface area contributed by atoms with Gasteiger partial charge in [-0.3, -0.25) is 0 Å². The molecule has 0 aliphatic heterocycles. The van der Waals surface area contributed by atoms with E-state index in [4.69, 9.17) is 25.8 Å². The molecule has 0 fully saturated rings. The van der Waals surface area contributed by atoms with Gasteiger partial charge >= 0.3 is 0 Å². The minimum absolute atomic E-state index is 0.433. The second kappa shape index (κ2) is 11.3. The second-order valence-corrected chi connectivity index (χ2v) is 8.04. The summed E-state index contributed by atoms with van der Waals surface area (Å²) in [4.78, 5) is 0. The Hall–Kier alpha value is -2.21. The van der Waals surface area contributed by atoms with Gasteiger partial charge in [-0.15, -0.1) is 0 Å². The van der Waals surface area contributed by atoms with Gasteiger partial charge in [-0.05, 0) is 60.5 Å². The number of benzene rings is 3. The highest BCUT2D eigenvalue weighted by Gasteiger charge is 2.15. The van der Waals surface area contributed by atoms with Crippen LogP contribution in [0.2, 0.25) is 5.02 Å². The van der Waals surface area contributed by atoms with Gasteiger partial charge in [0.1, 0.15) is 12.4 Å². The molecule has 158 valence electrons. The smallest absolute Gasteiger partial charge is 0.167 e. The fourth-order valence-electron chi connectivity index (χ4n) is 3.04. The number of methoxy groups -OCH3 is 2. The van der Waals surface area contributed by atoms with Crippen molar-refractivity contribution in [3.05, 3.63) is 86.8 Å². The van der Waals surface area contributed by atoms with Crippen LogP contribution in [0.1, 0.15) is 16.7 Å². The maximum atomic E-state index is 6.15. The molecule has 0 heterocycles. The zero-order valence-electron chi connectivity index (χ0n) is 17.1. The Labute approximate surface area is 191 Å². The first-order chi connectivity index (χ1) is 14.6.